The molecule has 3 heterocycles. The molecule has 13 heteroatoms. The van der Waals surface area contributed by atoms with Crippen LogP contribution in [0.2, 0.25) is 0 Å². The summed E-state index contributed by atoms with van der Waals surface area (Å²) in [6, 6.07) is 12.6. The summed E-state index contributed by atoms with van der Waals surface area (Å²) in [7, 11) is 0. The van der Waals surface area contributed by atoms with E-state index in [1.807, 2.05) is 12.1 Å². The lowest BCUT2D eigenvalue weighted by Crippen LogP contribution is -2.44. The van der Waals surface area contributed by atoms with Gasteiger partial charge in [-0.2, -0.15) is 0 Å². The number of thiophene rings is 1. The van der Waals surface area contributed by atoms with E-state index < -0.39 is 60.6 Å². The number of carbonyl (C=O) groups excluding carboxylic acids is 6. The lowest BCUT2D eigenvalue weighted by Gasteiger charge is -2.27. The average molecular weight is 721 g/mol. The van der Waals surface area contributed by atoms with Crippen LogP contribution in [0.1, 0.15) is 87.9 Å². The van der Waals surface area contributed by atoms with Crippen molar-refractivity contribution in [3.63, 3.8) is 0 Å². The summed E-state index contributed by atoms with van der Waals surface area (Å²) < 4.78 is 22.3. The van der Waals surface area contributed by atoms with Gasteiger partial charge in [-0.05, 0) is 90.3 Å². The second-order valence-electron chi connectivity index (χ2n) is 14.7. The van der Waals surface area contributed by atoms with Crippen molar-refractivity contribution in [2.45, 2.75) is 90.5 Å². The Balaban J connectivity index is 1.15. The van der Waals surface area contributed by atoms with Crippen LogP contribution in [0.3, 0.4) is 0 Å². The number of esters is 2. The van der Waals surface area contributed by atoms with Crippen LogP contribution in [0.5, 0.6) is 0 Å². The predicted molar refractivity (Wildman–Crippen MR) is 190 cm³/mol. The van der Waals surface area contributed by atoms with Crippen molar-refractivity contribution >= 4 is 57.1 Å². The highest BCUT2D eigenvalue weighted by Gasteiger charge is 2.39. The van der Waals surface area contributed by atoms with Gasteiger partial charge in [0.05, 0.1) is 0 Å². The van der Waals surface area contributed by atoms with Gasteiger partial charge in [0.2, 0.25) is 0 Å². The molecule has 0 spiro atoms. The Morgan fingerprint density at radius 2 is 1.14 bits per heavy atom. The Labute approximate surface area is 301 Å². The van der Waals surface area contributed by atoms with E-state index in [9.17, 15) is 28.8 Å². The Morgan fingerprint density at radius 3 is 1.63 bits per heavy atom. The van der Waals surface area contributed by atoms with Crippen LogP contribution in [-0.2, 0) is 28.5 Å². The van der Waals surface area contributed by atoms with Gasteiger partial charge in [-0.15, -0.1) is 11.3 Å². The number of nitrogens with zero attached hydrogens (tertiary/aromatic N) is 2. The molecule has 0 radical (unpaired) electrons. The maximum atomic E-state index is 13.0. The largest absolute Gasteiger partial charge is 0.456 e. The predicted octanol–water partition coefficient (Wildman–Crippen LogP) is 6.82. The minimum Gasteiger partial charge on any atom is -0.456 e. The Hall–Kier alpha value is -4.78. The number of ketones is 2. The first-order chi connectivity index (χ1) is 24.0. The summed E-state index contributed by atoms with van der Waals surface area (Å²) in [6.07, 6.45) is 0.991. The molecule has 5 rings (SSSR count). The molecule has 51 heavy (non-hydrogen) atoms. The average Bonchev–Trinajstić information content (AvgIpc) is 3.84. The van der Waals surface area contributed by atoms with Crippen LogP contribution in [-0.4, -0.2) is 95.1 Å². The fourth-order valence-corrected chi connectivity index (χ4v) is 7.01. The molecule has 0 bridgehead atoms. The number of fused-ring (bicyclic) bond motifs is 1. The van der Waals surface area contributed by atoms with E-state index in [0.717, 1.165) is 20.5 Å². The molecule has 0 aliphatic carbocycles. The Bertz CT molecular complexity index is 1820. The van der Waals surface area contributed by atoms with Crippen molar-refractivity contribution in [2.75, 3.05) is 26.3 Å². The highest BCUT2D eigenvalue weighted by atomic mass is 32.1. The summed E-state index contributed by atoms with van der Waals surface area (Å²) >= 11 is 1.47. The normalized spacial score (nSPS) is 17.7. The molecule has 0 N–H and O–H groups in total. The molecule has 2 aliphatic rings. The van der Waals surface area contributed by atoms with Crippen molar-refractivity contribution in [1.82, 2.24) is 9.80 Å². The van der Waals surface area contributed by atoms with E-state index in [2.05, 4.69) is 0 Å². The zero-order valence-corrected chi connectivity index (χ0v) is 30.6. The highest BCUT2D eigenvalue weighted by molar-refractivity contribution is 7.22. The third-order valence-electron chi connectivity index (χ3n) is 8.33. The Kier molecular flexibility index (Phi) is 11.2. The third kappa shape index (κ3) is 9.52. The fraction of sp³-hybridized carbons (Fsp3) is 0.474. The van der Waals surface area contributed by atoms with Crippen molar-refractivity contribution < 1.29 is 47.7 Å². The van der Waals surface area contributed by atoms with Crippen LogP contribution in [0.25, 0.3) is 20.5 Å². The smallest absolute Gasteiger partial charge is 0.411 e. The van der Waals surface area contributed by atoms with Crippen LogP contribution in [0, 0.1) is 0 Å². The molecule has 3 aromatic rings. The molecule has 2 unspecified atom stereocenters. The zero-order valence-electron chi connectivity index (χ0n) is 29.8. The molecule has 12 nitrogen and oxygen atoms in total. The molecule has 0 saturated carbocycles. The molecule has 2 aromatic carbocycles. The van der Waals surface area contributed by atoms with E-state index in [1.54, 1.807) is 77.9 Å². The number of benzene rings is 2. The van der Waals surface area contributed by atoms with Crippen LogP contribution in [0.15, 0.2) is 48.5 Å². The van der Waals surface area contributed by atoms with Crippen molar-refractivity contribution in [3.05, 3.63) is 59.7 Å². The van der Waals surface area contributed by atoms with Gasteiger partial charge in [-0.1, -0.05) is 36.4 Å². The molecule has 272 valence electrons. The summed E-state index contributed by atoms with van der Waals surface area (Å²) in [5.74, 6) is -2.01. The van der Waals surface area contributed by atoms with Crippen molar-refractivity contribution in [1.29, 1.82) is 0 Å². The first kappa shape index (κ1) is 37.5. The molecular formula is C38H44N2O10S. The number of Topliss-reactive ketones (excluding diaryl/α,β-unsaturated/α-hetero) is 2. The van der Waals surface area contributed by atoms with Gasteiger partial charge < -0.3 is 18.9 Å². The topological polar surface area (TPSA) is 146 Å². The lowest BCUT2D eigenvalue weighted by molar-refractivity contribution is -0.148. The molecule has 2 fully saturated rings. The molecule has 2 saturated heterocycles. The fourth-order valence-electron chi connectivity index (χ4n) is 5.90. The van der Waals surface area contributed by atoms with Crippen LogP contribution in [0.4, 0.5) is 9.59 Å². The molecule has 2 amide bonds. The number of carbonyl (C=O) groups is 6. The number of likely N-dealkylation sites (tertiary alicyclic amines) is 2. The summed E-state index contributed by atoms with van der Waals surface area (Å²) in [6.45, 7) is 10.4. The SMILES string of the molecule is CC(C)(C)OC(=O)N1CCCC1C(=O)OCC(=O)c1ccc(-c2cc3ccc(C(=O)COC(=O)C4CCCN4C(=O)OC(C)(C)C)cc3s2)cc1. The van der Waals surface area contributed by atoms with Gasteiger partial charge in [0.15, 0.2) is 24.8 Å². The number of rotatable bonds is 9. The van der Waals surface area contributed by atoms with E-state index >= 15 is 0 Å². The molecule has 2 atom stereocenters. The first-order valence-electron chi connectivity index (χ1n) is 17.0. The van der Waals surface area contributed by atoms with Gasteiger partial charge in [-0.25, -0.2) is 19.2 Å². The standard InChI is InChI=1S/C38H44N2O10S/c1-37(2,3)49-35(45)39-17-7-9-27(39)33(43)47-21-29(41)23-11-13-24(14-12-23)31-20-26-16-15-25(19-32(26)51-31)30(42)22-48-34(44)28-10-8-18-40(28)36(46)50-38(4,5)6/h11-16,19-20,27-28H,7-10,17-18,21-22H2,1-6H3. The van der Waals surface area contributed by atoms with Crippen LogP contribution >= 0.6 is 11.3 Å². The van der Waals surface area contributed by atoms with E-state index in [1.165, 1.54) is 21.1 Å². The van der Waals surface area contributed by atoms with Gasteiger partial charge in [0, 0.05) is 33.8 Å². The number of amides is 2. The van der Waals surface area contributed by atoms with Gasteiger partial charge >= 0.3 is 24.1 Å². The highest BCUT2D eigenvalue weighted by Crippen LogP contribution is 2.34. The van der Waals surface area contributed by atoms with Gasteiger partial charge in [0.25, 0.3) is 0 Å². The molecule has 1 aromatic heterocycles. The minimum atomic E-state index is -0.791. The van der Waals surface area contributed by atoms with E-state index in [4.69, 9.17) is 18.9 Å². The second-order valence-corrected chi connectivity index (χ2v) is 15.7. The summed E-state index contributed by atoms with van der Waals surface area (Å²) in [5, 5.41) is 0.918. The first-order valence-corrected chi connectivity index (χ1v) is 17.8. The monoisotopic (exact) mass is 720 g/mol. The quantitative estimate of drug-likeness (QED) is 0.131. The minimum absolute atomic E-state index is 0.365. The van der Waals surface area contributed by atoms with E-state index in [0.29, 0.717) is 49.9 Å². The Morgan fingerprint density at radius 1 is 0.667 bits per heavy atom. The third-order valence-corrected chi connectivity index (χ3v) is 9.48. The lowest BCUT2D eigenvalue weighted by atomic mass is 10.1. The van der Waals surface area contributed by atoms with Crippen LogP contribution < -0.4 is 0 Å². The summed E-state index contributed by atoms with van der Waals surface area (Å²) in [5.41, 5.74) is 0.226. The van der Waals surface area contributed by atoms with E-state index in [-0.39, 0.29) is 11.6 Å². The molecular weight excluding hydrogens is 676 g/mol. The zero-order chi connectivity index (χ0) is 37.1. The van der Waals surface area contributed by atoms with Gasteiger partial charge in [-0.3, -0.25) is 19.4 Å². The molecule has 2 aliphatic heterocycles. The maximum Gasteiger partial charge on any atom is 0.411 e. The number of hydrogen-bond acceptors (Lipinski definition) is 11. The summed E-state index contributed by atoms with van der Waals surface area (Å²) in [4.78, 5) is 80.1. The van der Waals surface area contributed by atoms with Crippen molar-refractivity contribution in [3.8, 4) is 10.4 Å². The maximum absolute atomic E-state index is 13.0. The second kappa shape index (κ2) is 15.2. The number of hydrogen-bond donors (Lipinski definition) is 0. The van der Waals surface area contributed by atoms with Crippen molar-refractivity contribution in [2.24, 2.45) is 0 Å². The van der Waals surface area contributed by atoms with Gasteiger partial charge in [0.1, 0.15) is 23.3 Å². The number of ether oxygens (including phenoxy) is 4.